The van der Waals surface area contributed by atoms with Gasteiger partial charge in [-0.1, -0.05) is 17.7 Å². The van der Waals surface area contributed by atoms with Crippen LogP contribution in [0.2, 0.25) is 5.02 Å². The van der Waals surface area contributed by atoms with Gasteiger partial charge in [-0.2, -0.15) is 4.98 Å². The van der Waals surface area contributed by atoms with Crippen LogP contribution < -0.4 is 20.0 Å². The number of carbonyl (C=O) groups is 1. The zero-order chi connectivity index (χ0) is 28.1. The molecule has 0 aliphatic carbocycles. The summed E-state index contributed by atoms with van der Waals surface area (Å²) in [4.78, 5) is 35.0. The number of benzene rings is 2. The van der Waals surface area contributed by atoms with Gasteiger partial charge >= 0.3 is 0 Å². The second-order valence-corrected chi connectivity index (χ2v) is 11.7. The van der Waals surface area contributed by atoms with Crippen molar-refractivity contribution in [2.75, 3.05) is 60.3 Å². The van der Waals surface area contributed by atoms with E-state index in [0.717, 1.165) is 31.5 Å². The Balaban J connectivity index is 1.27. The molecule has 3 aromatic rings. The minimum Gasteiger partial charge on any atom is -0.369 e. The molecule has 0 atom stereocenters. The van der Waals surface area contributed by atoms with Gasteiger partial charge in [0.25, 0.3) is 5.91 Å². The van der Waals surface area contributed by atoms with Crippen molar-refractivity contribution in [2.45, 2.75) is 25.8 Å². The van der Waals surface area contributed by atoms with Crippen LogP contribution in [0.15, 0.2) is 46.0 Å². The van der Waals surface area contributed by atoms with Crippen LogP contribution in [-0.2, 0) is 0 Å². The summed E-state index contributed by atoms with van der Waals surface area (Å²) in [6.07, 6.45) is 3.49. The van der Waals surface area contributed by atoms with Crippen LogP contribution in [0.1, 0.15) is 28.8 Å². The Morgan fingerprint density at radius 3 is 2.62 bits per heavy atom. The fourth-order valence-electron chi connectivity index (χ4n) is 5.68. The number of hydrogen-bond acceptors (Lipinski definition) is 8. The monoisotopic (exact) mass is 626 g/mol. The number of hydrogen-bond donors (Lipinski definition) is 1. The molecular weight excluding hydrogens is 599 g/mol. The first kappa shape index (κ1) is 26.9. The minimum absolute atomic E-state index is 0.267. The zero-order valence-corrected chi connectivity index (χ0v) is 24.8. The molecule has 1 N–H and O–H groups in total. The van der Waals surface area contributed by atoms with Gasteiger partial charge in [-0.25, -0.2) is 14.3 Å². The number of fused-ring (bicyclic) bond motifs is 3. The number of aliphatic imine (C=N–C) groups is 1. The molecule has 1 saturated heterocycles. The molecule has 9 nitrogen and oxygen atoms in total. The van der Waals surface area contributed by atoms with Gasteiger partial charge in [-0.05, 0) is 79.6 Å². The molecule has 0 unspecified atom stereocenters. The van der Waals surface area contributed by atoms with Gasteiger partial charge in [0.05, 0.1) is 22.9 Å². The maximum Gasteiger partial charge on any atom is 0.270 e. The normalized spacial score (nSPS) is 17.3. The Kier molecular flexibility index (Phi) is 7.14. The molecule has 1 fully saturated rings. The molecule has 3 aliphatic heterocycles. The fraction of sp³-hybridized carbons (Fsp3) is 0.357. The van der Waals surface area contributed by atoms with E-state index in [4.69, 9.17) is 11.6 Å². The van der Waals surface area contributed by atoms with Gasteiger partial charge in [0, 0.05) is 42.0 Å². The number of nitrogens with zero attached hydrogens (tertiary/aromatic N) is 7. The Hall–Kier alpha value is -3.28. The van der Waals surface area contributed by atoms with E-state index in [1.54, 1.807) is 12.1 Å². The van der Waals surface area contributed by atoms with Gasteiger partial charge in [0.1, 0.15) is 11.4 Å². The highest BCUT2D eigenvalue weighted by atomic mass is 79.9. The molecule has 0 spiro atoms. The number of guanidine groups is 1. The van der Waals surface area contributed by atoms with E-state index in [9.17, 15) is 4.79 Å². The van der Waals surface area contributed by atoms with Crippen molar-refractivity contribution in [2.24, 2.45) is 4.99 Å². The number of nitrogens with one attached hydrogen (secondary N) is 1. The number of para-hydroxylation sites is 1. The summed E-state index contributed by atoms with van der Waals surface area (Å²) in [6, 6.07) is 9.26. The van der Waals surface area contributed by atoms with Crippen LogP contribution in [0.3, 0.4) is 0 Å². The van der Waals surface area contributed by atoms with E-state index in [0.29, 0.717) is 63.0 Å². The third-order valence-corrected chi connectivity index (χ3v) is 8.60. The van der Waals surface area contributed by atoms with Crippen molar-refractivity contribution in [1.82, 2.24) is 14.9 Å². The first-order valence-electron chi connectivity index (χ1n) is 13.2. The molecular formula is C28H29BrClFN8O. The maximum absolute atomic E-state index is 15.4. The SMILES string of the molecule is Cc1cc(Nc2ncc3c(n2)N2CCN=C2N(c2c(Cl)cccc2Br)C3=O)cc(F)c1N1CCC(N(C)C)CC1. The van der Waals surface area contributed by atoms with E-state index in [1.165, 1.54) is 17.2 Å². The second-order valence-electron chi connectivity index (χ2n) is 10.4. The molecule has 6 rings (SSSR count). The summed E-state index contributed by atoms with van der Waals surface area (Å²) >= 11 is 10.0. The topological polar surface area (TPSA) is 80.2 Å². The van der Waals surface area contributed by atoms with Crippen LogP contribution >= 0.6 is 27.5 Å². The van der Waals surface area contributed by atoms with Crippen molar-refractivity contribution in [3.8, 4) is 0 Å². The van der Waals surface area contributed by atoms with Crippen molar-refractivity contribution in [3.63, 3.8) is 0 Å². The van der Waals surface area contributed by atoms with Gasteiger partial charge in [0.15, 0.2) is 5.82 Å². The Morgan fingerprint density at radius 1 is 1.15 bits per heavy atom. The van der Waals surface area contributed by atoms with Crippen LogP contribution in [0, 0.1) is 12.7 Å². The number of piperidine rings is 1. The summed E-state index contributed by atoms with van der Waals surface area (Å²) in [5.74, 6) is 0.574. The summed E-state index contributed by atoms with van der Waals surface area (Å²) in [7, 11) is 4.19. The van der Waals surface area contributed by atoms with Crippen molar-refractivity contribution in [1.29, 1.82) is 0 Å². The molecule has 0 radical (unpaired) electrons. The third kappa shape index (κ3) is 4.69. The van der Waals surface area contributed by atoms with Crippen molar-refractivity contribution in [3.05, 3.63) is 63.0 Å². The molecule has 4 heterocycles. The lowest BCUT2D eigenvalue weighted by Crippen LogP contribution is -2.51. The van der Waals surface area contributed by atoms with E-state index in [-0.39, 0.29) is 17.7 Å². The third-order valence-electron chi connectivity index (χ3n) is 7.66. The van der Waals surface area contributed by atoms with Gasteiger partial charge in [0.2, 0.25) is 11.9 Å². The van der Waals surface area contributed by atoms with Crippen molar-refractivity contribution < 1.29 is 9.18 Å². The highest BCUT2D eigenvalue weighted by Gasteiger charge is 2.41. The first-order valence-corrected chi connectivity index (χ1v) is 14.4. The number of anilines is 5. The minimum atomic E-state index is -0.323. The Bertz CT molecular complexity index is 1480. The average Bonchev–Trinajstić information content (AvgIpc) is 3.40. The fourth-order valence-corrected chi connectivity index (χ4v) is 6.59. The number of carbonyl (C=O) groups excluding carboxylic acids is 1. The predicted molar refractivity (Wildman–Crippen MR) is 161 cm³/mol. The van der Waals surface area contributed by atoms with Crippen molar-refractivity contribution >= 4 is 68.2 Å². The molecule has 2 aromatic carbocycles. The average molecular weight is 628 g/mol. The molecule has 0 bridgehead atoms. The zero-order valence-electron chi connectivity index (χ0n) is 22.5. The van der Waals surface area contributed by atoms with E-state index in [1.807, 2.05) is 24.0 Å². The molecule has 0 saturated carbocycles. The van der Waals surface area contributed by atoms with Gasteiger partial charge in [-0.3, -0.25) is 14.7 Å². The number of rotatable bonds is 5. The maximum atomic E-state index is 15.4. The molecule has 3 aliphatic rings. The summed E-state index contributed by atoms with van der Waals surface area (Å²) in [5.41, 5.74) is 2.87. The Labute approximate surface area is 245 Å². The summed E-state index contributed by atoms with van der Waals surface area (Å²) < 4.78 is 16.1. The van der Waals surface area contributed by atoms with Crippen LogP contribution in [0.5, 0.6) is 0 Å². The number of halogens is 3. The lowest BCUT2D eigenvalue weighted by molar-refractivity contribution is 0.0999. The quantitative estimate of drug-likeness (QED) is 0.403. The van der Waals surface area contributed by atoms with E-state index in [2.05, 4.69) is 60.1 Å². The molecule has 40 heavy (non-hydrogen) atoms. The lowest BCUT2D eigenvalue weighted by atomic mass is 10.0. The number of aromatic nitrogens is 2. The Morgan fingerprint density at radius 2 is 1.93 bits per heavy atom. The van der Waals surface area contributed by atoms with Crippen LogP contribution in [0.25, 0.3) is 0 Å². The van der Waals surface area contributed by atoms with Crippen LogP contribution in [0.4, 0.5) is 33.2 Å². The van der Waals surface area contributed by atoms with E-state index < -0.39 is 0 Å². The van der Waals surface area contributed by atoms with Crippen LogP contribution in [-0.4, -0.2) is 73.1 Å². The molecule has 208 valence electrons. The van der Waals surface area contributed by atoms with Gasteiger partial charge in [-0.15, -0.1) is 0 Å². The molecule has 1 aromatic heterocycles. The summed E-state index contributed by atoms with van der Waals surface area (Å²) in [5, 5.41) is 3.56. The lowest BCUT2D eigenvalue weighted by Gasteiger charge is -2.37. The first-order chi connectivity index (χ1) is 19.2. The highest BCUT2D eigenvalue weighted by molar-refractivity contribution is 9.10. The summed E-state index contributed by atoms with van der Waals surface area (Å²) in [6.45, 7) is 4.61. The molecule has 12 heteroatoms. The standard InChI is InChI=1S/C28H29BrClFN8O/c1-16-13-17(14-22(31)23(16)37-10-7-18(8-11-37)36(2)3)34-27-33-15-19-25(35-27)38-12-9-32-28(38)39(26(19)40)24-20(29)5-4-6-21(24)30/h4-6,13-15,18H,7-12H2,1-3H3,(H,33,34,35). The number of aryl methyl sites for hydroxylation is 1. The predicted octanol–water partition coefficient (Wildman–Crippen LogP) is 5.45. The molecule has 1 amide bonds. The smallest absolute Gasteiger partial charge is 0.270 e. The van der Waals surface area contributed by atoms with Gasteiger partial charge < -0.3 is 15.1 Å². The number of amides is 1. The highest BCUT2D eigenvalue weighted by Crippen LogP contribution is 2.40. The van der Waals surface area contributed by atoms with E-state index >= 15 is 4.39 Å². The second kappa shape index (κ2) is 10.6. The largest absolute Gasteiger partial charge is 0.369 e.